The van der Waals surface area contributed by atoms with E-state index in [0.29, 0.717) is 4.90 Å². The molecule has 0 aliphatic heterocycles. The number of hydrogen-bond acceptors (Lipinski definition) is 2. The zero-order valence-electron chi connectivity index (χ0n) is 10.5. The SMILES string of the molecule is CN(C)S(=O)(=O)c1cccc(C(C)(C)C)c1. The van der Waals surface area contributed by atoms with Gasteiger partial charge in [-0.3, -0.25) is 0 Å². The van der Waals surface area contributed by atoms with Crippen LogP contribution in [0.3, 0.4) is 0 Å². The van der Waals surface area contributed by atoms with Crippen molar-refractivity contribution in [1.82, 2.24) is 4.31 Å². The van der Waals surface area contributed by atoms with Crippen molar-refractivity contribution in [3.05, 3.63) is 29.8 Å². The summed E-state index contributed by atoms with van der Waals surface area (Å²) in [6, 6.07) is 7.12. The van der Waals surface area contributed by atoms with Crippen LogP contribution in [0.4, 0.5) is 0 Å². The fourth-order valence-corrected chi connectivity index (χ4v) is 2.28. The average molecular weight is 241 g/mol. The highest BCUT2D eigenvalue weighted by Gasteiger charge is 2.20. The van der Waals surface area contributed by atoms with Crippen LogP contribution in [0, 0.1) is 0 Å². The van der Waals surface area contributed by atoms with Gasteiger partial charge in [-0.1, -0.05) is 32.9 Å². The molecule has 0 atom stereocenters. The predicted octanol–water partition coefficient (Wildman–Crippen LogP) is 2.23. The molecule has 0 amide bonds. The quantitative estimate of drug-likeness (QED) is 0.796. The van der Waals surface area contributed by atoms with Crippen LogP contribution in [0.15, 0.2) is 29.2 Å². The molecule has 0 fully saturated rings. The number of sulfonamides is 1. The monoisotopic (exact) mass is 241 g/mol. The van der Waals surface area contributed by atoms with Crippen molar-refractivity contribution in [3.63, 3.8) is 0 Å². The maximum atomic E-state index is 11.9. The minimum atomic E-state index is -3.33. The maximum absolute atomic E-state index is 11.9. The molecule has 0 aliphatic rings. The summed E-state index contributed by atoms with van der Waals surface area (Å²) in [6.45, 7) is 6.19. The van der Waals surface area contributed by atoms with E-state index < -0.39 is 10.0 Å². The van der Waals surface area contributed by atoms with Gasteiger partial charge in [0.1, 0.15) is 0 Å². The molecule has 90 valence electrons. The molecule has 0 aromatic heterocycles. The molecule has 0 unspecified atom stereocenters. The first-order valence-electron chi connectivity index (χ1n) is 5.19. The summed E-state index contributed by atoms with van der Waals surface area (Å²) in [5.74, 6) is 0. The lowest BCUT2D eigenvalue weighted by Crippen LogP contribution is -2.23. The Labute approximate surface area is 98.1 Å². The van der Waals surface area contributed by atoms with E-state index >= 15 is 0 Å². The van der Waals surface area contributed by atoms with Gasteiger partial charge in [-0.15, -0.1) is 0 Å². The molecule has 0 aliphatic carbocycles. The topological polar surface area (TPSA) is 37.4 Å². The van der Waals surface area contributed by atoms with Crippen LogP contribution in [-0.2, 0) is 15.4 Å². The molecule has 0 N–H and O–H groups in total. The van der Waals surface area contributed by atoms with Crippen LogP contribution < -0.4 is 0 Å². The van der Waals surface area contributed by atoms with Crippen LogP contribution in [0.25, 0.3) is 0 Å². The van der Waals surface area contributed by atoms with Gasteiger partial charge < -0.3 is 0 Å². The highest BCUT2D eigenvalue weighted by molar-refractivity contribution is 7.89. The minimum Gasteiger partial charge on any atom is -0.207 e. The van der Waals surface area contributed by atoms with E-state index in [4.69, 9.17) is 0 Å². The summed E-state index contributed by atoms with van der Waals surface area (Å²) < 4.78 is 25.1. The number of nitrogens with zero attached hydrogens (tertiary/aromatic N) is 1. The van der Waals surface area contributed by atoms with Gasteiger partial charge in [0.25, 0.3) is 0 Å². The maximum Gasteiger partial charge on any atom is 0.242 e. The van der Waals surface area contributed by atoms with Crippen molar-refractivity contribution in [2.45, 2.75) is 31.1 Å². The van der Waals surface area contributed by atoms with Gasteiger partial charge in [0, 0.05) is 14.1 Å². The van der Waals surface area contributed by atoms with Gasteiger partial charge in [0.2, 0.25) is 10.0 Å². The normalized spacial score (nSPS) is 13.1. The number of benzene rings is 1. The second kappa shape index (κ2) is 4.18. The first-order chi connectivity index (χ1) is 7.15. The van der Waals surface area contributed by atoms with E-state index in [2.05, 4.69) is 20.8 Å². The Morgan fingerprint density at radius 3 is 2.12 bits per heavy atom. The smallest absolute Gasteiger partial charge is 0.207 e. The Bertz CT molecular complexity index is 470. The van der Waals surface area contributed by atoms with Crippen molar-refractivity contribution in [1.29, 1.82) is 0 Å². The molecule has 0 bridgehead atoms. The minimum absolute atomic E-state index is 0.0438. The Morgan fingerprint density at radius 1 is 1.12 bits per heavy atom. The first-order valence-corrected chi connectivity index (χ1v) is 6.63. The molecule has 0 spiro atoms. The van der Waals surface area contributed by atoms with Gasteiger partial charge in [0.05, 0.1) is 4.90 Å². The third kappa shape index (κ3) is 2.62. The number of rotatable bonds is 2. The van der Waals surface area contributed by atoms with Crippen LogP contribution in [0.1, 0.15) is 26.3 Å². The van der Waals surface area contributed by atoms with Crippen LogP contribution in [0.5, 0.6) is 0 Å². The van der Waals surface area contributed by atoms with E-state index in [9.17, 15) is 8.42 Å². The molecule has 16 heavy (non-hydrogen) atoms. The molecule has 4 heteroatoms. The predicted molar refractivity (Wildman–Crippen MR) is 66.0 cm³/mol. The van der Waals surface area contributed by atoms with E-state index in [1.165, 1.54) is 4.31 Å². The summed E-state index contributed by atoms with van der Waals surface area (Å²) in [6.07, 6.45) is 0. The lowest BCUT2D eigenvalue weighted by atomic mass is 9.87. The lowest BCUT2D eigenvalue weighted by Gasteiger charge is -2.20. The largest absolute Gasteiger partial charge is 0.242 e. The van der Waals surface area contributed by atoms with Crippen LogP contribution >= 0.6 is 0 Å². The molecule has 0 saturated heterocycles. The highest BCUT2D eigenvalue weighted by Crippen LogP contribution is 2.25. The molecular formula is C12H19NO2S. The van der Waals surface area contributed by atoms with E-state index in [1.54, 1.807) is 32.3 Å². The van der Waals surface area contributed by atoms with Gasteiger partial charge in [0.15, 0.2) is 0 Å². The van der Waals surface area contributed by atoms with Gasteiger partial charge in [-0.25, -0.2) is 12.7 Å². The third-order valence-electron chi connectivity index (χ3n) is 2.48. The van der Waals surface area contributed by atoms with Crippen molar-refractivity contribution < 1.29 is 8.42 Å². The summed E-state index contributed by atoms with van der Waals surface area (Å²) in [5.41, 5.74) is 0.980. The summed E-state index contributed by atoms with van der Waals surface area (Å²) in [7, 11) is -0.245. The van der Waals surface area contributed by atoms with Crippen molar-refractivity contribution >= 4 is 10.0 Å². The Kier molecular flexibility index (Phi) is 3.45. The summed E-state index contributed by atoms with van der Waals surface area (Å²) in [4.78, 5) is 0.352. The van der Waals surface area contributed by atoms with E-state index in [1.807, 2.05) is 6.07 Å². The van der Waals surface area contributed by atoms with Crippen molar-refractivity contribution in [3.8, 4) is 0 Å². The first kappa shape index (κ1) is 13.2. The summed E-state index contributed by atoms with van der Waals surface area (Å²) >= 11 is 0. The third-order valence-corrected chi connectivity index (χ3v) is 4.29. The fraction of sp³-hybridized carbons (Fsp3) is 0.500. The molecule has 1 rings (SSSR count). The molecule has 0 heterocycles. The zero-order chi connectivity index (χ0) is 12.6. The zero-order valence-corrected chi connectivity index (χ0v) is 11.3. The second-order valence-corrected chi connectivity index (χ2v) is 7.22. The van der Waals surface area contributed by atoms with Gasteiger partial charge in [-0.2, -0.15) is 0 Å². The molecule has 1 aromatic rings. The standard InChI is InChI=1S/C12H19NO2S/c1-12(2,3)10-7-6-8-11(9-10)16(14,15)13(4)5/h6-9H,1-5H3. The van der Waals surface area contributed by atoms with E-state index in [-0.39, 0.29) is 5.41 Å². The molecule has 3 nitrogen and oxygen atoms in total. The van der Waals surface area contributed by atoms with Crippen LogP contribution in [0.2, 0.25) is 0 Å². The van der Waals surface area contributed by atoms with E-state index in [0.717, 1.165) is 5.56 Å². The average Bonchev–Trinajstić information content (AvgIpc) is 2.16. The summed E-state index contributed by atoms with van der Waals surface area (Å²) in [5, 5.41) is 0. The Morgan fingerprint density at radius 2 is 1.69 bits per heavy atom. The van der Waals surface area contributed by atoms with Gasteiger partial charge in [-0.05, 0) is 23.1 Å². The fourth-order valence-electron chi connectivity index (χ4n) is 1.33. The second-order valence-electron chi connectivity index (χ2n) is 5.07. The number of hydrogen-bond donors (Lipinski definition) is 0. The molecule has 0 saturated carbocycles. The Hall–Kier alpha value is -0.870. The molecule has 1 aromatic carbocycles. The van der Waals surface area contributed by atoms with Crippen molar-refractivity contribution in [2.24, 2.45) is 0 Å². The van der Waals surface area contributed by atoms with Crippen molar-refractivity contribution in [2.75, 3.05) is 14.1 Å². The van der Waals surface area contributed by atoms with Crippen LogP contribution in [-0.4, -0.2) is 26.8 Å². The molecule has 0 radical (unpaired) electrons. The lowest BCUT2D eigenvalue weighted by molar-refractivity contribution is 0.519. The Balaban J connectivity index is 3.30. The molecular weight excluding hydrogens is 222 g/mol. The van der Waals surface area contributed by atoms with Gasteiger partial charge >= 0.3 is 0 Å². The highest BCUT2D eigenvalue weighted by atomic mass is 32.2.